The summed E-state index contributed by atoms with van der Waals surface area (Å²) >= 11 is 1.58. The highest BCUT2D eigenvalue weighted by atomic mass is 32.2. The van der Waals surface area contributed by atoms with Gasteiger partial charge < -0.3 is 0 Å². The minimum Gasteiger partial charge on any atom is -0.280 e. The lowest BCUT2D eigenvalue weighted by Crippen LogP contribution is -2.37. The van der Waals surface area contributed by atoms with Gasteiger partial charge in [0.2, 0.25) is 0 Å². The largest absolute Gasteiger partial charge is 0.332 e. The summed E-state index contributed by atoms with van der Waals surface area (Å²) in [6.07, 6.45) is 6.61. The van der Waals surface area contributed by atoms with Crippen LogP contribution < -0.4 is 11.2 Å². The SMILES string of the molecule is C=CCSc1c(CCCC)cnc2c1c(=O)n(C)c(=O)n2C. The van der Waals surface area contributed by atoms with Gasteiger partial charge in [0, 0.05) is 30.9 Å². The Kier molecular flexibility index (Phi) is 5.24. The summed E-state index contributed by atoms with van der Waals surface area (Å²) in [4.78, 5) is 29.9. The number of unbranched alkanes of at least 4 members (excludes halogenated alkanes) is 1. The summed E-state index contributed by atoms with van der Waals surface area (Å²) < 4.78 is 2.57. The van der Waals surface area contributed by atoms with E-state index >= 15 is 0 Å². The zero-order valence-electron chi connectivity index (χ0n) is 13.3. The Balaban J connectivity index is 2.82. The standard InChI is InChI=1S/C16H21N3O2S/c1-5-7-8-11-10-17-14-12(13(11)22-9-6-2)15(20)19(4)16(21)18(14)3/h6,10H,2,5,7-9H2,1,3-4H3. The van der Waals surface area contributed by atoms with E-state index in [2.05, 4.69) is 18.5 Å². The zero-order chi connectivity index (χ0) is 16.3. The molecule has 0 aliphatic carbocycles. The highest BCUT2D eigenvalue weighted by Gasteiger charge is 2.17. The predicted molar refractivity (Wildman–Crippen MR) is 91.8 cm³/mol. The topological polar surface area (TPSA) is 56.9 Å². The van der Waals surface area contributed by atoms with Gasteiger partial charge in [-0.2, -0.15) is 0 Å². The molecule has 2 heterocycles. The van der Waals surface area contributed by atoms with E-state index in [1.807, 2.05) is 6.08 Å². The molecule has 0 amide bonds. The number of rotatable bonds is 6. The van der Waals surface area contributed by atoms with Crippen LogP contribution in [0, 0.1) is 0 Å². The van der Waals surface area contributed by atoms with Crippen LogP contribution in [0.1, 0.15) is 25.3 Å². The highest BCUT2D eigenvalue weighted by Crippen LogP contribution is 2.29. The lowest BCUT2D eigenvalue weighted by atomic mass is 10.1. The Morgan fingerprint density at radius 3 is 2.68 bits per heavy atom. The molecule has 0 bridgehead atoms. The van der Waals surface area contributed by atoms with Crippen molar-refractivity contribution in [3.8, 4) is 0 Å². The summed E-state index contributed by atoms with van der Waals surface area (Å²) in [5.74, 6) is 0.713. The van der Waals surface area contributed by atoms with E-state index in [-0.39, 0.29) is 11.2 Å². The maximum absolute atomic E-state index is 12.6. The number of fused-ring (bicyclic) bond motifs is 1. The van der Waals surface area contributed by atoms with Gasteiger partial charge >= 0.3 is 5.69 Å². The van der Waals surface area contributed by atoms with Crippen LogP contribution in [0.15, 0.2) is 33.3 Å². The smallest absolute Gasteiger partial charge is 0.280 e. The van der Waals surface area contributed by atoms with E-state index in [1.165, 1.54) is 11.6 Å². The average Bonchev–Trinajstić information content (AvgIpc) is 2.53. The van der Waals surface area contributed by atoms with Crippen LogP contribution in [0.3, 0.4) is 0 Å². The van der Waals surface area contributed by atoms with Crippen LogP contribution in [0.5, 0.6) is 0 Å². The Labute approximate surface area is 133 Å². The van der Waals surface area contributed by atoms with Crippen molar-refractivity contribution in [1.29, 1.82) is 0 Å². The number of aromatic nitrogens is 3. The fourth-order valence-corrected chi connectivity index (χ4v) is 3.34. The third kappa shape index (κ3) is 2.88. The van der Waals surface area contributed by atoms with Crippen LogP contribution in [0.25, 0.3) is 11.0 Å². The third-order valence-corrected chi connectivity index (χ3v) is 4.80. The van der Waals surface area contributed by atoms with Gasteiger partial charge in [-0.25, -0.2) is 9.78 Å². The molecule has 0 spiro atoms. The fraction of sp³-hybridized carbons (Fsp3) is 0.438. The van der Waals surface area contributed by atoms with Crippen LogP contribution >= 0.6 is 11.8 Å². The molecule has 2 aromatic heterocycles. The molecular formula is C16H21N3O2S. The Morgan fingerprint density at radius 2 is 2.05 bits per heavy atom. The van der Waals surface area contributed by atoms with Crippen LogP contribution in [-0.4, -0.2) is 19.9 Å². The van der Waals surface area contributed by atoms with Crippen molar-refractivity contribution in [2.75, 3.05) is 5.75 Å². The molecule has 2 rings (SSSR count). The summed E-state index contributed by atoms with van der Waals surface area (Å²) in [5, 5.41) is 0.532. The number of nitrogens with zero attached hydrogens (tertiary/aromatic N) is 3. The fourth-order valence-electron chi connectivity index (χ4n) is 2.39. The molecule has 2 aromatic rings. The molecule has 0 unspecified atom stereocenters. The third-order valence-electron chi connectivity index (χ3n) is 3.64. The van der Waals surface area contributed by atoms with Crippen LogP contribution in [0.2, 0.25) is 0 Å². The molecule has 0 N–H and O–H groups in total. The number of aryl methyl sites for hydroxylation is 2. The number of thioether (sulfide) groups is 1. The van der Waals surface area contributed by atoms with Gasteiger partial charge in [-0.05, 0) is 18.4 Å². The first-order chi connectivity index (χ1) is 10.5. The van der Waals surface area contributed by atoms with Crippen molar-refractivity contribution in [1.82, 2.24) is 14.1 Å². The summed E-state index contributed by atoms with van der Waals surface area (Å²) in [6.45, 7) is 5.88. The molecular weight excluding hydrogens is 298 g/mol. The molecule has 0 aliphatic heterocycles. The first-order valence-corrected chi connectivity index (χ1v) is 8.32. The minimum atomic E-state index is -0.356. The number of hydrogen-bond donors (Lipinski definition) is 0. The molecule has 6 heteroatoms. The maximum atomic E-state index is 12.6. The molecule has 5 nitrogen and oxygen atoms in total. The van der Waals surface area contributed by atoms with Crippen molar-refractivity contribution in [3.05, 3.63) is 45.3 Å². The molecule has 0 radical (unpaired) electrons. The van der Waals surface area contributed by atoms with Gasteiger partial charge in [-0.1, -0.05) is 19.4 Å². The van der Waals surface area contributed by atoms with E-state index in [0.29, 0.717) is 16.8 Å². The first kappa shape index (κ1) is 16.5. The minimum absolute atomic E-state index is 0.282. The Morgan fingerprint density at radius 1 is 1.32 bits per heavy atom. The average molecular weight is 319 g/mol. The molecule has 0 aromatic carbocycles. The van der Waals surface area contributed by atoms with Crippen molar-refractivity contribution in [3.63, 3.8) is 0 Å². The van der Waals surface area contributed by atoms with E-state index in [9.17, 15) is 9.59 Å². The summed E-state index contributed by atoms with van der Waals surface area (Å²) in [6, 6.07) is 0. The van der Waals surface area contributed by atoms with E-state index in [4.69, 9.17) is 0 Å². The van der Waals surface area contributed by atoms with E-state index in [1.54, 1.807) is 25.0 Å². The lowest BCUT2D eigenvalue weighted by Gasteiger charge is -2.13. The van der Waals surface area contributed by atoms with Gasteiger partial charge in [-0.3, -0.25) is 13.9 Å². The molecule has 0 aliphatic rings. The van der Waals surface area contributed by atoms with Crippen LogP contribution in [-0.2, 0) is 20.5 Å². The molecule has 118 valence electrons. The molecule has 0 saturated heterocycles. The summed E-state index contributed by atoms with van der Waals surface area (Å²) in [7, 11) is 3.15. The van der Waals surface area contributed by atoms with Gasteiger partial charge in [0.25, 0.3) is 5.56 Å². The van der Waals surface area contributed by atoms with Crippen molar-refractivity contribution in [2.24, 2.45) is 14.1 Å². The van der Waals surface area contributed by atoms with Gasteiger partial charge in [-0.15, -0.1) is 18.3 Å². The molecule has 0 fully saturated rings. The van der Waals surface area contributed by atoms with Gasteiger partial charge in [0.05, 0.1) is 5.39 Å². The molecule has 0 atom stereocenters. The molecule has 22 heavy (non-hydrogen) atoms. The normalized spacial score (nSPS) is 11.0. The second-order valence-electron chi connectivity index (χ2n) is 5.22. The highest BCUT2D eigenvalue weighted by molar-refractivity contribution is 7.99. The quantitative estimate of drug-likeness (QED) is 0.605. The van der Waals surface area contributed by atoms with Crippen molar-refractivity contribution >= 4 is 22.8 Å². The number of pyridine rings is 1. The predicted octanol–water partition coefficient (Wildman–Crippen LogP) is 2.25. The summed E-state index contributed by atoms with van der Waals surface area (Å²) in [5.41, 5.74) is 0.873. The van der Waals surface area contributed by atoms with Crippen molar-refractivity contribution in [2.45, 2.75) is 31.1 Å². The van der Waals surface area contributed by atoms with E-state index in [0.717, 1.165) is 34.3 Å². The van der Waals surface area contributed by atoms with Gasteiger partial charge in [0.15, 0.2) is 0 Å². The Bertz CT molecular complexity index is 821. The van der Waals surface area contributed by atoms with E-state index < -0.39 is 0 Å². The van der Waals surface area contributed by atoms with Gasteiger partial charge in [0.1, 0.15) is 5.65 Å². The first-order valence-electron chi connectivity index (χ1n) is 7.34. The second kappa shape index (κ2) is 6.96. The van der Waals surface area contributed by atoms with Crippen LogP contribution in [0.4, 0.5) is 0 Å². The van der Waals surface area contributed by atoms with Crippen molar-refractivity contribution < 1.29 is 0 Å². The monoisotopic (exact) mass is 319 g/mol. The Hall–Kier alpha value is -1.82. The second-order valence-corrected chi connectivity index (χ2v) is 6.25. The lowest BCUT2D eigenvalue weighted by molar-refractivity contribution is 0.703. The maximum Gasteiger partial charge on any atom is 0.332 e. The molecule has 0 saturated carbocycles. The zero-order valence-corrected chi connectivity index (χ0v) is 14.1. The number of hydrogen-bond acceptors (Lipinski definition) is 4.